The maximum atomic E-state index is 12.2. The number of likely N-dealkylation sites (N-methyl/N-ethyl adjacent to an activating group) is 1. The molecule has 1 aliphatic rings. The summed E-state index contributed by atoms with van der Waals surface area (Å²) in [6, 6.07) is 5.68. The first-order valence-corrected chi connectivity index (χ1v) is 9.47. The Bertz CT molecular complexity index is 1100. The number of amides is 1. The van der Waals surface area contributed by atoms with Crippen LogP contribution >= 0.6 is 11.3 Å². The fourth-order valence-electron chi connectivity index (χ4n) is 3.53. The number of imidazole rings is 1. The van der Waals surface area contributed by atoms with Gasteiger partial charge in [0.05, 0.1) is 17.1 Å². The standard InChI is InChI=1S/C19H19N3O4S/c1-5-12-15(20-19-22(12)9(2)16(27-19)18(24)25)11-6-7-14-13(8-11)21(4)17(23)10(3)26-14/h6-8,10H,5H2,1-4H3,(H,24,25). The van der Waals surface area contributed by atoms with Crippen LogP contribution in [0.25, 0.3) is 16.2 Å². The van der Waals surface area contributed by atoms with E-state index in [1.807, 2.05) is 29.5 Å². The molecule has 7 nitrogen and oxygen atoms in total. The van der Waals surface area contributed by atoms with Crippen molar-refractivity contribution in [1.82, 2.24) is 9.38 Å². The van der Waals surface area contributed by atoms with E-state index in [9.17, 15) is 14.7 Å². The minimum Gasteiger partial charge on any atom is -0.479 e. The van der Waals surface area contributed by atoms with Crippen molar-refractivity contribution < 1.29 is 19.4 Å². The molecule has 2 aromatic heterocycles. The molecule has 0 bridgehead atoms. The molecule has 1 aromatic carbocycles. The highest BCUT2D eigenvalue weighted by molar-refractivity contribution is 7.19. The molecule has 1 amide bonds. The van der Waals surface area contributed by atoms with Gasteiger partial charge in [0.2, 0.25) is 0 Å². The second-order valence-electron chi connectivity index (χ2n) is 6.54. The first kappa shape index (κ1) is 17.5. The Labute approximate surface area is 159 Å². The van der Waals surface area contributed by atoms with E-state index in [2.05, 4.69) is 0 Å². The smallest absolute Gasteiger partial charge is 0.347 e. The molecule has 8 heteroatoms. The van der Waals surface area contributed by atoms with E-state index in [1.165, 1.54) is 11.3 Å². The van der Waals surface area contributed by atoms with Crippen molar-refractivity contribution in [2.45, 2.75) is 33.3 Å². The Morgan fingerprint density at radius 1 is 1.41 bits per heavy atom. The number of benzene rings is 1. The molecule has 0 saturated carbocycles. The Morgan fingerprint density at radius 3 is 2.81 bits per heavy atom. The monoisotopic (exact) mass is 385 g/mol. The van der Waals surface area contributed by atoms with Gasteiger partial charge >= 0.3 is 5.97 Å². The van der Waals surface area contributed by atoms with E-state index < -0.39 is 12.1 Å². The lowest BCUT2D eigenvalue weighted by molar-refractivity contribution is -0.125. The van der Waals surface area contributed by atoms with Crippen LogP contribution in [0, 0.1) is 6.92 Å². The SMILES string of the molecule is CCc1c(-c2ccc3c(c2)N(C)C(=O)C(C)O3)nc2sc(C(=O)O)c(C)n12. The summed E-state index contributed by atoms with van der Waals surface area (Å²) in [6.07, 6.45) is 0.196. The van der Waals surface area contributed by atoms with Gasteiger partial charge in [-0.3, -0.25) is 9.20 Å². The molecule has 27 heavy (non-hydrogen) atoms. The van der Waals surface area contributed by atoms with Gasteiger partial charge in [0, 0.05) is 18.3 Å². The quantitative estimate of drug-likeness (QED) is 0.747. The lowest BCUT2D eigenvalue weighted by Gasteiger charge is -2.30. The highest BCUT2D eigenvalue weighted by Gasteiger charge is 2.30. The summed E-state index contributed by atoms with van der Waals surface area (Å²) in [7, 11) is 1.74. The lowest BCUT2D eigenvalue weighted by atomic mass is 10.1. The molecular weight excluding hydrogens is 366 g/mol. The van der Waals surface area contributed by atoms with Crippen LogP contribution in [0.15, 0.2) is 18.2 Å². The van der Waals surface area contributed by atoms with Crippen LogP contribution < -0.4 is 9.64 Å². The number of anilines is 1. The second-order valence-corrected chi connectivity index (χ2v) is 7.52. The third-order valence-electron chi connectivity index (χ3n) is 4.90. The highest BCUT2D eigenvalue weighted by atomic mass is 32.1. The molecule has 4 rings (SSSR count). The van der Waals surface area contributed by atoms with Crippen molar-refractivity contribution >= 4 is 33.9 Å². The predicted octanol–water partition coefficient (Wildman–Crippen LogP) is 3.38. The first-order chi connectivity index (χ1) is 12.8. The van der Waals surface area contributed by atoms with E-state index in [1.54, 1.807) is 25.8 Å². The molecule has 1 N–H and O–H groups in total. The summed E-state index contributed by atoms with van der Waals surface area (Å²) in [5.74, 6) is -0.369. The third kappa shape index (κ3) is 2.51. The lowest BCUT2D eigenvalue weighted by Crippen LogP contribution is -2.41. The fraction of sp³-hybridized carbons (Fsp3) is 0.316. The van der Waals surface area contributed by atoms with E-state index in [4.69, 9.17) is 9.72 Å². The van der Waals surface area contributed by atoms with Gasteiger partial charge in [-0.2, -0.15) is 0 Å². The number of hydrogen-bond acceptors (Lipinski definition) is 5. The zero-order chi connectivity index (χ0) is 19.5. The Balaban J connectivity index is 1.88. The molecule has 0 aliphatic carbocycles. The molecule has 3 heterocycles. The molecule has 0 radical (unpaired) electrons. The summed E-state index contributed by atoms with van der Waals surface area (Å²) >= 11 is 1.17. The minimum atomic E-state index is -0.938. The van der Waals surface area contributed by atoms with Crippen molar-refractivity contribution in [2.75, 3.05) is 11.9 Å². The van der Waals surface area contributed by atoms with Gasteiger partial charge in [0.25, 0.3) is 5.91 Å². The molecule has 140 valence electrons. The zero-order valence-corrected chi connectivity index (χ0v) is 16.3. The number of aromatic nitrogens is 2. The number of carbonyl (C=O) groups is 2. The van der Waals surface area contributed by atoms with Gasteiger partial charge in [-0.15, -0.1) is 0 Å². The second kappa shape index (κ2) is 6.09. The number of hydrogen-bond donors (Lipinski definition) is 1. The van der Waals surface area contributed by atoms with Crippen LogP contribution in [0.2, 0.25) is 0 Å². The number of fused-ring (bicyclic) bond motifs is 2. The normalized spacial score (nSPS) is 16.5. The van der Waals surface area contributed by atoms with Crippen molar-refractivity contribution in [3.63, 3.8) is 0 Å². The fourth-order valence-corrected chi connectivity index (χ4v) is 4.51. The maximum Gasteiger partial charge on any atom is 0.347 e. The summed E-state index contributed by atoms with van der Waals surface area (Å²) < 4.78 is 7.60. The van der Waals surface area contributed by atoms with Crippen molar-refractivity contribution in [3.05, 3.63) is 34.5 Å². The Morgan fingerprint density at radius 2 is 2.15 bits per heavy atom. The average molecular weight is 385 g/mol. The van der Waals surface area contributed by atoms with E-state index >= 15 is 0 Å². The number of carboxylic acid groups (broad SMARTS) is 1. The largest absolute Gasteiger partial charge is 0.479 e. The molecule has 0 saturated heterocycles. The van der Waals surface area contributed by atoms with Crippen LogP contribution in [0.5, 0.6) is 5.75 Å². The van der Waals surface area contributed by atoms with Crippen LogP contribution in [-0.4, -0.2) is 39.5 Å². The average Bonchev–Trinajstić information content (AvgIpc) is 3.16. The number of rotatable bonds is 3. The summed E-state index contributed by atoms with van der Waals surface area (Å²) in [6.45, 7) is 5.55. The van der Waals surface area contributed by atoms with Gasteiger partial charge in [-0.1, -0.05) is 18.3 Å². The summed E-state index contributed by atoms with van der Waals surface area (Å²) in [4.78, 5) is 30.9. The Hall–Kier alpha value is -2.87. The first-order valence-electron chi connectivity index (χ1n) is 8.66. The molecule has 0 fully saturated rings. The van der Waals surface area contributed by atoms with E-state index in [-0.39, 0.29) is 5.91 Å². The summed E-state index contributed by atoms with van der Waals surface area (Å²) in [5, 5.41) is 9.36. The van der Waals surface area contributed by atoms with Gasteiger partial charge in [-0.05, 0) is 38.5 Å². The van der Waals surface area contributed by atoms with Gasteiger partial charge in [-0.25, -0.2) is 9.78 Å². The van der Waals surface area contributed by atoms with E-state index in [0.717, 1.165) is 17.0 Å². The van der Waals surface area contributed by atoms with Crippen molar-refractivity contribution in [2.24, 2.45) is 0 Å². The van der Waals surface area contributed by atoms with Crippen LogP contribution in [0.1, 0.15) is 34.9 Å². The molecule has 1 aliphatic heterocycles. The third-order valence-corrected chi connectivity index (χ3v) is 6.03. The topological polar surface area (TPSA) is 84.1 Å². The molecule has 3 aromatic rings. The number of thiazole rings is 1. The molecule has 0 spiro atoms. The van der Waals surface area contributed by atoms with Crippen molar-refractivity contribution in [1.29, 1.82) is 0 Å². The van der Waals surface area contributed by atoms with Gasteiger partial charge in [0.1, 0.15) is 10.6 Å². The number of nitrogens with zero attached hydrogens (tertiary/aromatic N) is 3. The minimum absolute atomic E-state index is 0.0943. The maximum absolute atomic E-state index is 12.2. The number of carboxylic acids is 1. The molecular formula is C19H19N3O4S. The molecule has 1 atom stereocenters. The number of ether oxygens (including phenoxy) is 1. The van der Waals surface area contributed by atoms with Crippen molar-refractivity contribution in [3.8, 4) is 17.0 Å². The highest BCUT2D eigenvalue weighted by Crippen LogP contribution is 2.38. The van der Waals surface area contributed by atoms with Crippen LogP contribution in [0.3, 0.4) is 0 Å². The van der Waals surface area contributed by atoms with Crippen LogP contribution in [-0.2, 0) is 11.2 Å². The van der Waals surface area contributed by atoms with Crippen LogP contribution in [0.4, 0.5) is 5.69 Å². The Kier molecular flexibility index (Phi) is 3.96. The number of aromatic carboxylic acids is 1. The van der Waals surface area contributed by atoms with Gasteiger partial charge in [0.15, 0.2) is 11.1 Å². The number of aryl methyl sites for hydroxylation is 2. The van der Waals surface area contributed by atoms with E-state index in [0.29, 0.717) is 33.4 Å². The van der Waals surface area contributed by atoms with Gasteiger partial charge < -0.3 is 14.7 Å². The summed E-state index contributed by atoms with van der Waals surface area (Å²) in [5.41, 5.74) is 4.00. The zero-order valence-electron chi connectivity index (χ0n) is 15.4. The molecule has 1 unspecified atom stereocenters. The predicted molar refractivity (Wildman–Crippen MR) is 103 cm³/mol. The number of carbonyl (C=O) groups excluding carboxylic acids is 1.